The van der Waals surface area contributed by atoms with Crippen LogP contribution in [0.4, 0.5) is 0 Å². The van der Waals surface area contributed by atoms with Crippen molar-refractivity contribution in [3.63, 3.8) is 0 Å². The van der Waals surface area contributed by atoms with Crippen molar-refractivity contribution in [2.45, 2.75) is 13.3 Å². The quantitative estimate of drug-likeness (QED) is 0.778. The molecule has 0 atom stereocenters. The molecule has 134 valence electrons. The maximum absolute atomic E-state index is 12.0. The van der Waals surface area contributed by atoms with Crippen LogP contribution in [-0.4, -0.2) is 26.8 Å². The maximum atomic E-state index is 12.0. The van der Waals surface area contributed by atoms with Crippen molar-refractivity contribution in [1.82, 2.24) is 0 Å². The van der Waals surface area contributed by atoms with Crippen LogP contribution < -0.4 is 18.9 Å². The van der Waals surface area contributed by atoms with E-state index in [2.05, 4.69) is 0 Å². The van der Waals surface area contributed by atoms with Crippen LogP contribution >= 0.6 is 0 Å². The Morgan fingerprint density at radius 3 is 2.54 bits per heavy atom. The van der Waals surface area contributed by atoms with Crippen LogP contribution in [0.2, 0.25) is 0 Å². The van der Waals surface area contributed by atoms with Gasteiger partial charge in [0.25, 0.3) is 0 Å². The highest BCUT2D eigenvalue weighted by molar-refractivity contribution is 5.95. The second-order valence-electron chi connectivity index (χ2n) is 5.87. The highest BCUT2D eigenvalue weighted by atomic mass is 16.5. The molecule has 0 fully saturated rings. The van der Waals surface area contributed by atoms with Gasteiger partial charge in [-0.1, -0.05) is 6.07 Å². The second-order valence-corrected chi connectivity index (χ2v) is 5.87. The van der Waals surface area contributed by atoms with Gasteiger partial charge in [-0.25, -0.2) is 0 Å². The Morgan fingerprint density at radius 2 is 1.81 bits per heavy atom. The number of carbonyl (C=O) groups excluding carboxylic acids is 1. The lowest BCUT2D eigenvalue weighted by molar-refractivity contribution is -0.136. The highest BCUT2D eigenvalue weighted by Crippen LogP contribution is 2.49. The Bertz CT molecular complexity index is 928. The molecular weight excluding hydrogens is 336 g/mol. The monoisotopic (exact) mass is 354 g/mol. The van der Waals surface area contributed by atoms with Crippen LogP contribution in [0.3, 0.4) is 0 Å². The number of benzene rings is 2. The molecule has 0 aromatic heterocycles. The summed E-state index contributed by atoms with van der Waals surface area (Å²) in [6, 6.07) is 7.23. The van der Waals surface area contributed by atoms with E-state index in [9.17, 15) is 4.79 Å². The average molecular weight is 354 g/mol. The maximum Gasteiger partial charge on any atom is 0.315 e. The fraction of sp³-hybridized carbons (Fsp3) is 0.250. The van der Waals surface area contributed by atoms with E-state index in [0.717, 1.165) is 16.7 Å². The molecule has 2 aliphatic heterocycles. The lowest BCUT2D eigenvalue weighted by Gasteiger charge is -2.22. The van der Waals surface area contributed by atoms with Crippen LogP contribution in [0.1, 0.15) is 23.6 Å². The van der Waals surface area contributed by atoms with Crippen molar-refractivity contribution < 1.29 is 28.5 Å². The van der Waals surface area contributed by atoms with Crippen molar-refractivity contribution in [3.8, 4) is 28.7 Å². The van der Waals surface area contributed by atoms with Crippen molar-refractivity contribution >= 4 is 17.8 Å². The number of hydrogen-bond acceptors (Lipinski definition) is 6. The largest absolute Gasteiger partial charge is 0.493 e. The Labute approximate surface area is 150 Å². The summed E-state index contributed by atoms with van der Waals surface area (Å²) < 4.78 is 28.2. The Hall–Kier alpha value is -3.15. The van der Waals surface area contributed by atoms with Crippen molar-refractivity contribution in [2.75, 3.05) is 20.8 Å². The molecule has 26 heavy (non-hydrogen) atoms. The zero-order valence-corrected chi connectivity index (χ0v) is 14.8. The molecule has 2 aromatic carbocycles. The zero-order valence-electron chi connectivity index (χ0n) is 14.8. The summed E-state index contributed by atoms with van der Waals surface area (Å²) in [4.78, 5) is 12.0. The lowest BCUT2D eigenvalue weighted by atomic mass is 9.98. The molecule has 0 unspecified atom stereocenters. The topological polar surface area (TPSA) is 63.2 Å². The van der Waals surface area contributed by atoms with Crippen LogP contribution in [-0.2, 0) is 16.0 Å². The summed E-state index contributed by atoms with van der Waals surface area (Å²) in [5.74, 6) is 2.94. The first-order valence-corrected chi connectivity index (χ1v) is 8.30. The minimum Gasteiger partial charge on any atom is -0.493 e. The third kappa shape index (κ3) is 2.54. The van der Waals surface area contributed by atoms with E-state index in [0.29, 0.717) is 41.1 Å². The first-order chi connectivity index (χ1) is 12.6. The normalized spacial score (nSPS) is 14.1. The fourth-order valence-electron chi connectivity index (χ4n) is 3.19. The molecular formula is C20H18O6. The van der Waals surface area contributed by atoms with Crippen molar-refractivity contribution in [1.29, 1.82) is 0 Å². The predicted molar refractivity (Wildman–Crippen MR) is 94.9 cm³/mol. The van der Waals surface area contributed by atoms with Gasteiger partial charge in [0.15, 0.2) is 23.0 Å². The highest BCUT2D eigenvalue weighted by Gasteiger charge is 2.31. The first-order valence-electron chi connectivity index (χ1n) is 8.30. The summed E-state index contributed by atoms with van der Waals surface area (Å²) in [6.45, 7) is 2.40. The molecule has 2 heterocycles. The van der Waals surface area contributed by atoms with Gasteiger partial charge in [-0.2, -0.15) is 0 Å². The minimum atomic E-state index is -0.303. The van der Waals surface area contributed by atoms with Crippen LogP contribution in [0.5, 0.6) is 28.7 Å². The lowest BCUT2D eigenvalue weighted by Crippen LogP contribution is -2.16. The van der Waals surface area contributed by atoms with Crippen molar-refractivity contribution in [2.24, 2.45) is 0 Å². The molecule has 6 heteroatoms. The van der Waals surface area contributed by atoms with Gasteiger partial charge in [0, 0.05) is 11.6 Å². The third-order valence-electron chi connectivity index (χ3n) is 4.33. The fourth-order valence-corrected chi connectivity index (χ4v) is 3.19. The minimum absolute atomic E-state index is 0.193. The number of esters is 1. The van der Waals surface area contributed by atoms with Gasteiger partial charge in [-0.15, -0.1) is 0 Å². The van der Waals surface area contributed by atoms with Gasteiger partial charge < -0.3 is 23.7 Å². The number of fused-ring (bicyclic) bond motifs is 1. The number of methoxy groups -OCH3 is 2. The summed E-state index contributed by atoms with van der Waals surface area (Å²) in [6.07, 6.45) is 1.97. The Morgan fingerprint density at radius 1 is 1.04 bits per heavy atom. The molecule has 0 radical (unpaired) electrons. The Balaban J connectivity index is 1.97. The molecule has 0 saturated heterocycles. The van der Waals surface area contributed by atoms with Gasteiger partial charge in [0.2, 0.25) is 0 Å². The Kier molecular flexibility index (Phi) is 3.95. The smallest absolute Gasteiger partial charge is 0.315 e. The molecule has 0 amide bonds. The molecule has 0 saturated carbocycles. The van der Waals surface area contributed by atoms with E-state index in [1.807, 2.05) is 19.1 Å². The standard InChI is InChI=1S/C20H18O6/c1-4-24-13-6-5-11-9-18(21)25-17-8-12-7-15(22-2)16(23-3)10-14(12)26-20(13)19(11)17/h5-8,10H,4,9H2,1-3H3. The van der Waals surface area contributed by atoms with Gasteiger partial charge in [0.05, 0.1) is 32.8 Å². The predicted octanol–water partition coefficient (Wildman–Crippen LogP) is 3.81. The second kappa shape index (κ2) is 6.29. The van der Waals surface area contributed by atoms with Gasteiger partial charge in [-0.3, -0.25) is 4.79 Å². The molecule has 0 N–H and O–H groups in total. The van der Waals surface area contributed by atoms with Gasteiger partial charge in [-0.05, 0) is 30.7 Å². The molecule has 0 spiro atoms. The SMILES string of the molecule is CCOc1ccc2c3c1Oc1cc(OC)c(OC)cc1C=C3OC(=O)C2. The molecule has 6 nitrogen and oxygen atoms in total. The first kappa shape index (κ1) is 16.3. The summed E-state index contributed by atoms with van der Waals surface area (Å²) in [7, 11) is 3.13. The third-order valence-corrected chi connectivity index (χ3v) is 4.33. The molecule has 4 rings (SSSR count). The average Bonchev–Trinajstić information content (AvgIpc) is 2.79. The number of ether oxygens (including phenoxy) is 5. The zero-order chi connectivity index (χ0) is 18.3. The molecule has 0 bridgehead atoms. The summed E-state index contributed by atoms with van der Waals surface area (Å²) in [5, 5.41) is 0. The number of hydrogen-bond donors (Lipinski definition) is 0. The van der Waals surface area contributed by atoms with Crippen LogP contribution in [0.25, 0.3) is 11.8 Å². The van der Waals surface area contributed by atoms with E-state index in [1.54, 1.807) is 32.4 Å². The van der Waals surface area contributed by atoms with Crippen LogP contribution in [0, 0.1) is 0 Å². The number of rotatable bonds is 4. The number of carbonyl (C=O) groups is 1. The van der Waals surface area contributed by atoms with Gasteiger partial charge >= 0.3 is 5.97 Å². The van der Waals surface area contributed by atoms with E-state index >= 15 is 0 Å². The summed E-state index contributed by atoms with van der Waals surface area (Å²) >= 11 is 0. The van der Waals surface area contributed by atoms with E-state index in [1.165, 1.54) is 0 Å². The molecule has 0 aliphatic carbocycles. The van der Waals surface area contributed by atoms with E-state index < -0.39 is 0 Å². The van der Waals surface area contributed by atoms with E-state index in [4.69, 9.17) is 23.7 Å². The van der Waals surface area contributed by atoms with Gasteiger partial charge in [0.1, 0.15) is 11.5 Å². The summed E-state index contributed by atoms with van der Waals surface area (Å²) in [5.41, 5.74) is 2.30. The van der Waals surface area contributed by atoms with Crippen LogP contribution in [0.15, 0.2) is 24.3 Å². The molecule has 2 aromatic rings. The van der Waals surface area contributed by atoms with Crippen molar-refractivity contribution in [3.05, 3.63) is 41.0 Å². The van der Waals surface area contributed by atoms with E-state index in [-0.39, 0.29) is 12.4 Å². The molecule has 2 aliphatic rings.